The summed E-state index contributed by atoms with van der Waals surface area (Å²) in [5.74, 6) is -0.608. The summed E-state index contributed by atoms with van der Waals surface area (Å²) < 4.78 is 15.8. The molecule has 0 aliphatic carbocycles. The van der Waals surface area contributed by atoms with Crippen LogP contribution in [0, 0.1) is 11.7 Å². The molecule has 2 saturated heterocycles. The molecule has 12 heteroatoms. The molecule has 0 bridgehead atoms. The number of benzene rings is 3. The molecule has 2 fully saturated rings. The first-order valence-corrected chi connectivity index (χ1v) is 17.6. The first kappa shape index (κ1) is 35.0. The van der Waals surface area contributed by atoms with Crippen molar-refractivity contribution in [1.82, 2.24) is 24.3 Å². The maximum absolute atomic E-state index is 14.5. The Morgan fingerprint density at radius 2 is 1.71 bits per heavy atom. The molecule has 0 spiro atoms. The Balaban J connectivity index is 1.00. The number of aromatic hydroxyl groups is 1. The molecule has 52 heavy (non-hydrogen) atoms. The Morgan fingerprint density at radius 1 is 0.942 bits per heavy atom. The van der Waals surface area contributed by atoms with Gasteiger partial charge >= 0.3 is 0 Å². The number of halogens is 1. The monoisotopic (exact) mass is 704 g/mol. The van der Waals surface area contributed by atoms with E-state index in [4.69, 9.17) is 0 Å². The van der Waals surface area contributed by atoms with Gasteiger partial charge in [-0.1, -0.05) is 60.7 Å². The van der Waals surface area contributed by atoms with Crippen molar-refractivity contribution < 1.29 is 24.2 Å². The fourth-order valence-corrected chi connectivity index (χ4v) is 7.47. The molecular formula is C40H41FN6O5. The minimum atomic E-state index is -1.25. The van der Waals surface area contributed by atoms with Crippen LogP contribution in [-0.2, 0) is 29.1 Å². The summed E-state index contributed by atoms with van der Waals surface area (Å²) in [4.78, 5) is 53.1. The van der Waals surface area contributed by atoms with E-state index < -0.39 is 11.2 Å². The quantitative estimate of drug-likeness (QED) is 0.204. The van der Waals surface area contributed by atoms with Crippen molar-refractivity contribution in [3.05, 3.63) is 130 Å². The Morgan fingerprint density at radius 3 is 2.48 bits per heavy atom. The Bertz CT molecular complexity index is 2130. The van der Waals surface area contributed by atoms with E-state index in [1.54, 1.807) is 36.4 Å². The van der Waals surface area contributed by atoms with E-state index in [0.29, 0.717) is 55.8 Å². The van der Waals surface area contributed by atoms with Crippen molar-refractivity contribution in [3.63, 3.8) is 0 Å². The van der Waals surface area contributed by atoms with E-state index in [9.17, 15) is 29.0 Å². The van der Waals surface area contributed by atoms with Crippen molar-refractivity contribution in [1.29, 1.82) is 0 Å². The summed E-state index contributed by atoms with van der Waals surface area (Å²) in [6, 6.07) is 26.4. The number of piperidine rings is 2. The van der Waals surface area contributed by atoms with Crippen molar-refractivity contribution in [3.8, 4) is 5.75 Å². The minimum absolute atomic E-state index is 0.0134. The summed E-state index contributed by atoms with van der Waals surface area (Å²) in [5, 5.41) is 24.0. The van der Waals surface area contributed by atoms with Gasteiger partial charge in [0, 0.05) is 43.6 Å². The van der Waals surface area contributed by atoms with Gasteiger partial charge in [0.05, 0.1) is 30.4 Å². The molecule has 4 heterocycles. The van der Waals surface area contributed by atoms with Crippen LogP contribution in [0.15, 0.2) is 102 Å². The van der Waals surface area contributed by atoms with Gasteiger partial charge in [-0.25, -0.2) is 14.4 Å². The number of amides is 2. The number of aliphatic hydroxyl groups is 1. The number of hydrogen-bond donors (Lipinski definition) is 3. The third-order valence-corrected chi connectivity index (χ3v) is 10.3. The molecule has 3 aromatic carbocycles. The number of phenolic OH excluding ortho intramolecular Hbond substituents is 1. The number of nitrogens with one attached hydrogen (secondary N) is 1. The molecule has 2 aliphatic rings. The molecule has 7 rings (SSSR count). The molecular weight excluding hydrogens is 663 g/mol. The van der Waals surface area contributed by atoms with Gasteiger partial charge in [0.15, 0.2) is 5.52 Å². The Hall–Kier alpha value is -5.46. The van der Waals surface area contributed by atoms with Crippen LogP contribution in [0.3, 0.4) is 0 Å². The zero-order chi connectivity index (χ0) is 36.2. The van der Waals surface area contributed by atoms with E-state index in [2.05, 4.69) is 20.2 Å². The average Bonchev–Trinajstić information content (AvgIpc) is 3.14. The zero-order valence-corrected chi connectivity index (χ0v) is 28.7. The molecule has 3 N–H and O–H groups in total. The predicted octanol–water partition coefficient (Wildman–Crippen LogP) is 4.48. The third-order valence-electron chi connectivity index (χ3n) is 10.3. The zero-order valence-electron chi connectivity index (χ0n) is 28.7. The molecule has 0 unspecified atom stereocenters. The van der Waals surface area contributed by atoms with Crippen LogP contribution in [0.2, 0.25) is 0 Å². The Kier molecular flexibility index (Phi) is 10.1. The van der Waals surface area contributed by atoms with Gasteiger partial charge < -0.3 is 20.4 Å². The summed E-state index contributed by atoms with van der Waals surface area (Å²) in [5.41, 5.74) is 1.05. The van der Waals surface area contributed by atoms with Crippen LogP contribution >= 0.6 is 0 Å². The Labute approximate surface area is 300 Å². The van der Waals surface area contributed by atoms with Crippen LogP contribution in [0.5, 0.6) is 5.75 Å². The normalized spacial score (nSPS) is 19.0. The molecule has 0 radical (unpaired) electrons. The fraction of sp³-hybridized carbons (Fsp3) is 0.325. The summed E-state index contributed by atoms with van der Waals surface area (Å²) >= 11 is 0. The lowest BCUT2D eigenvalue weighted by atomic mass is 9.79. The summed E-state index contributed by atoms with van der Waals surface area (Å²) in [6.07, 6.45) is 2.60. The number of carbonyl (C=O) groups excluding carboxylic acids is 2. The minimum Gasteiger partial charge on any atom is -0.508 e. The smallest absolute Gasteiger partial charge is 0.280 e. The van der Waals surface area contributed by atoms with Crippen molar-refractivity contribution >= 4 is 28.7 Å². The maximum Gasteiger partial charge on any atom is 0.280 e. The molecule has 11 nitrogen and oxygen atoms in total. The number of fused-ring (bicyclic) bond motifs is 1. The molecule has 2 aliphatic heterocycles. The highest BCUT2D eigenvalue weighted by Gasteiger charge is 2.41. The van der Waals surface area contributed by atoms with Crippen molar-refractivity contribution in [2.75, 3.05) is 31.5 Å². The van der Waals surface area contributed by atoms with Gasteiger partial charge in [-0.3, -0.25) is 23.9 Å². The van der Waals surface area contributed by atoms with Crippen LogP contribution in [0.4, 0.5) is 10.2 Å². The number of aromatic nitrogens is 3. The molecule has 2 aromatic heterocycles. The number of pyridine rings is 1. The largest absolute Gasteiger partial charge is 0.508 e. The van der Waals surface area contributed by atoms with E-state index in [0.717, 1.165) is 5.56 Å². The van der Waals surface area contributed by atoms with Crippen LogP contribution in [0.25, 0.3) is 11.0 Å². The van der Waals surface area contributed by atoms with Crippen LogP contribution in [-0.4, -0.2) is 78.1 Å². The van der Waals surface area contributed by atoms with Gasteiger partial charge in [-0.2, -0.15) is 0 Å². The lowest BCUT2D eigenvalue weighted by Crippen LogP contribution is -2.53. The average molecular weight is 705 g/mol. The second-order valence-electron chi connectivity index (χ2n) is 13.9. The number of likely N-dealkylation sites (tertiary alicyclic amines) is 2. The van der Waals surface area contributed by atoms with Gasteiger partial charge in [-0.15, -0.1) is 0 Å². The molecule has 2 atom stereocenters. The van der Waals surface area contributed by atoms with E-state index in [1.165, 1.54) is 29.1 Å². The highest BCUT2D eigenvalue weighted by molar-refractivity contribution is 5.92. The lowest BCUT2D eigenvalue weighted by Gasteiger charge is -2.43. The highest BCUT2D eigenvalue weighted by Crippen LogP contribution is 2.36. The number of nitrogens with zero attached hydrogens (tertiary/aromatic N) is 5. The van der Waals surface area contributed by atoms with Crippen LogP contribution in [0.1, 0.15) is 41.9 Å². The standard InChI is InChI=1S/C40H41FN6O5/c41-33-12-5-4-10-29(33)23-45-18-15-31(32(24-45)28-8-2-1-3-9-28)38(50)46-19-16-40(52,17-20-46)25-47-26-42-34-13-14-35(44-37(34)39(47)51)43-36(49)22-27-7-6-11-30(48)21-27/h1-14,21,26,31-32,48,52H,15-20,22-25H2,(H,43,44,49)/t31-,32+/m1/s1. The molecule has 5 aromatic rings. The van der Waals surface area contributed by atoms with Gasteiger partial charge in [0.2, 0.25) is 11.8 Å². The number of hydrogen-bond acceptors (Lipinski definition) is 8. The van der Waals surface area contributed by atoms with E-state index in [1.807, 2.05) is 41.3 Å². The number of phenols is 1. The molecule has 0 saturated carbocycles. The SMILES string of the molecule is O=C(Cc1cccc(O)c1)Nc1ccc2ncn(CC3(O)CCN(C(=O)[C@@H]4CCN(Cc5ccccc5F)C[C@H]4c4ccccc4)CC3)c(=O)c2n1. The van der Waals surface area contributed by atoms with Crippen molar-refractivity contribution in [2.45, 2.75) is 50.3 Å². The van der Waals surface area contributed by atoms with Gasteiger partial charge in [0.25, 0.3) is 5.56 Å². The number of rotatable bonds is 9. The van der Waals surface area contributed by atoms with Gasteiger partial charge in [-0.05, 0) is 67.3 Å². The second kappa shape index (κ2) is 15.0. The van der Waals surface area contributed by atoms with E-state index in [-0.39, 0.29) is 72.4 Å². The lowest BCUT2D eigenvalue weighted by molar-refractivity contribution is -0.142. The highest BCUT2D eigenvalue weighted by atomic mass is 19.1. The maximum atomic E-state index is 14.5. The first-order valence-electron chi connectivity index (χ1n) is 17.6. The number of carbonyl (C=O) groups is 2. The van der Waals surface area contributed by atoms with Crippen molar-refractivity contribution in [2.24, 2.45) is 5.92 Å². The number of anilines is 1. The molecule has 2 amide bonds. The third kappa shape index (κ3) is 7.88. The topological polar surface area (TPSA) is 141 Å². The second-order valence-corrected chi connectivity index (χ2v) is 13.9. The predicted molar refractivity (Wildman–Crippen MR) is 194 cm³/mol. The summed E-state index contributed by atoms with van der Waals surface area (Å²) in [7, 11) is 0. The van der Waals surface area contributed by atoms with Gasteiger partial charge in [0.1, 0.15) is 17.4 Å². The summed E-state index contributed by atoms with van der Waals surface area (Å²) in [6.45, 7) is 2.43. The first-order chi connectivity index (χ1) is 25.1. The van der Waals surface area contributed by atoms with E-state index >= 15 is 0 Å². The fourth-order valence-electron chi connectivity index (χ4n) is 7.47. The van der Waals surface area contributed by atoms with Crippen LogP contribution < -0.4 is 10.9 Å². The molecule has 268 valence electrons.